The summed E-state index contributed by atoms with van der Waals surface area (Å²) in [5, 5.41) is 3.82. The smallest absolute Gasteiger partial charge is 0.225 e. The van der Waals surface area contributed by atoms with Crippen LogP contribution in [0.5, 0.6) is 0 Å². The minimum Gasteiger partial charge on any atom is -0.355 e. The maximum Gasteiger partial charge on any atom is 0.225 e. The number of thiazole rings is 1. The molecule has 2 rings (SSSR count). The molecule has 0 bridgehead atoms. The third-order valence-corrected chi connectivity index (χ3v) is 5.34. The summed E-state index contributed by atoms with van der Waals surface area (Å²) in [4.78, 5) is 32.3. The largest absolute Gasteiger partial charge is 0.355 e. The van der Waals surface area contributed by atoms with E-state index in [0.29, 0.717) is 36.8 Å². The summed E-state index contributed by atoms with van der Waals surface area (Å²) in [5.74, 6) is -0.231. The van der Waals surface area contributed by atoms with E-state index >= 15 is 0 Å². The van der Waals surface area contributed by atoms with Crippen molar-refractivity contribution in [2.24, 2.45) is 5.92 Å². The van der Waals surface area contributed by atoms with Crippen LogP contribution >= 0.6 is 22.9 Å². The number of carbonyl (C=O) groups is 2. The van der Waals surface area contributed by atoms with Crippen molar-refractivity contribution in [3.05, 3.63) is 15.0 Å². The fraction of sp³-hybridized carbons (Fsp3) is 0.667. The van der Waals surface area contributed by atoms with Crippen molar-refractivity contribution in [3.63, 3.8) is 0 Å². The molecule has 0 saturated carbocycles. The second-order valence-electron chi connectivity index (χ2n) is 6.05. The van der Waals surface area contributed by atoms with E-state index in [0.717, 1.165) is 17.2 Å². The Morgan fingerprint density at radius 1 is 1.52 bits per heavy atom. The number of rotatable bonds is 7. The van der Waals surface area contributed by atoms with Gasteiger partial charge in [-0.25, -0.2) is 4.98 Å². The fourth-order valence-corrected chi connectivity index (χ4v) is 3.56. The monoisotopic (exact) mass is 358 g/mol. The first-order valence-electron chi connectivity index (χ1n) is 7.69. The molecular weight excluding hydrogens is 336 g/mol. The number of nitrogens with zero attached hydrogens (tertiary/aromatic N) is 3. The highest BCUT2D eigenvalue weighted by atomic mass is 35.5. The van der Waals surface area contributed by atoms with Gasteiger partial charge in [-0.2, -0.15) is 0 Å². The van der Waals surface area contributed by atoms with Crippen LogP contribution in [0, 0.1) is 12.8 Å². The second-order valence-corrected chi connectivity index (χ2v) is 7.74. The Hall–Kier alpha value is -1.18. The van der Waals surface area contributed by atoms with E-state index in [9.17, 15) is 9.59 Å². The second kappa shape index (κ2) is 8.08. The maximum absolute atomic E-state index is 12.2. The molecule has 2 amide bonds. The van der Waals surface area contributed by atoms with Crippen LogP contribution in [0.15, 0.2) is 0 Å². The first-order chi connectivity index (χ1) is 10.9. The van der Waals surface area contributed by atoms with Gasteiger partial charge in [-0.05, 0) is 21.0 Å². The van der Waals surface area contributed by atoms with Gasteiger partial charge in [0.2, 0.25) is 11.8 Å². The number of hydrogen-bond acceptors (Lipinski definition) is 5. The molecule has 1 atom stereocenters. The minimum absolute atomic E-state index is 0.0509. The lowest BCUT2D eigenvalue weighted by Gasteiger charge is -2.19. The first-order valence-corrected chi connectivity index (χ1v) is 8.88. The number of nitrogens with one attached hydrogen (secondary N) is 1. The van der Waals surface area contributed by atoms with Crippen LogP contribution in [0.2, 0.25) is 4.34 Å². The molecule has 0 aromatic carbocycles. The Kier molecular flexibility index (Phi) is 6.38. The van der Waals surface area contributed by atoms with Crippen LogP contribution in [-0.4, -0.2) is 66.9 Å². The number of amides is 2. The van der Waals surface area contributed by atoms with Gasteiger partial charge in [0.05, 0.1) is 16.6 Å². The Labute approximate surface area is 145 Å². The molecule has 0 aliphatic carbocycles. The van der Waals surface area contributed by atoms with E-state index in [-0.39, 0.29) is 17.7 Å². The van der Waals surface area contributed by atoms with E-state index in [2.05, 4.69) is 10.3 Å². The molecular formula is C15H23ClN4O2S. The van der Waals surface area contributed by atoms with E-state index in [1.54, 1.807) is 4.90 Å². The Morgan fingerprint density at radius 3 is 2.87 bits per heavy atom. The number of aryl methyl sites for hydroxylation is 1. The molecule has 1 aliphatic heterocycles. The topological polar surface area (TPSA) is 65.5 Å². The van der Waals surface area contributed by atoms with Crippen LogP contribution in [0.1, 0.15) is 17.1 Å². The van der Waals surface area contributed by atoms with Gasteiger partial charge in [0, 0.05) is 39.0 Å². The summed E-state index contributed by atoms with van der Waals surface area (Å²) in [6.07, 6.45) is 0.969. The van der Waals surface area contributed by atoms with Crippen molar-refractivity contribution < 1.29 is 9.59 Å². The zero-order valence-corrected chi connectivity index (χ0v) is 15.3. The molecule has 1 N–H and O–H groups in total. The number of likely N-dealkylation sites (N-methyl/N-ethyl adjacent to an activating group) is 1. The first kappa shape index (κ1) is 18.2. The lowest BCUT2D eigenvalue weighted by atomic mass is 10.1. The van der Waals surface area contributed by atoms with Crippen molar-refractivity contribution in [3.8, 4) is 0 Å². The highest BCUT2D eigenvalue weighted by Crippen LogP contribution is 2.23. The van der Waals surface area contributed by atoms with Crippen LogP contribution in [0.25, 0.3) is 0 Å². The lowest BCUT2D eigenvalue weighted by Crippen LogP contribution is -2.36. The van der Waals surface area contributed by atoms with Gasteiger partial charge in [0.15, 0.2) is 0 Å². The van der Waals surface area contributed by atoms with Crippen molar-refractivity contribution in [2.45, 2.75) is 19.8 Å². The molecule has 1 fully saturated rings. The number of hydrogen-bond donors (Lipinski definition) is 1. The van der Waals surface area contributed by atoms with E-state index in [1.807, 2.05) is 25.9 Å². The lowest BCUT2D eigenvalue weighted by molar-refractivity contribution is -0.129. The van der Waals surface area contributed by atoms with Crippen LogP contribution in [-0.2, 0) is 16.0 Å². The maximum atomic E-state index is 12.2. The molecule has 0 spiro atoms. The van der Waals surface area contributed by atoms with Gasteiger partial charge in [-0.15, -0.1) is 11.3 Å². The van der Waals surface area contributed by atoms with Crippen LogP contribution < -0.4 is 5.32 Å². The molecule has 1 unspecified atom stereocenters. The standard InChI is InChI=1S/C15H23ClN4O2S/c1-10-14(16)23-12(18-10)4-5-17-15(22)11-8-13(21)20(9-11)7-6-19(2)3/h11H,4-9H2,1-3H3,(H,17,22). The summed E-state index contributed by atoms with van der Waals surface area (Å²) in [6.45, 7) is 4.38. The number of carbonyl (C=O) groups excluding carboxylic acids is 2. The number of likely N-dealkylation sites (tertiary alicyclic amines) is 1. The normalized spacial score (nSPS) is 18.0. The van der Waals surface area contributed by atoms with Crippen molar-refractivity contribution >= 4 is 34.8 Å². The van der Waals surface area contributed by atoms with Crippen LogP contribution in [0.3, 0.4) is 0 Å². The molecule has 128 valence electrons. The third-order valence-electron chi connectivity index (χ3n) is 3.82. The van der Waals surface area contributed by atoms with Crippen molar-refractivity contribution in [1.82, 2.24) is 20.1 Å². The zero-order chi connectivity index (χ0) is 17.0. The molecule has 1 aromatic heterocycles. The van der Waals surface area contributed by atoms with Gasteiger partial charge in [-0.3, -0.25) is 9.59 Å². The van der Waals surface area contributed by atoms with Gasteiger partial charge in [0.1, 0.15) is 4.34 Å². The molecule has 1 aliphatic rings. The SMILES string of the molecule is Cc1nc(CCNC(=O)C2CC(=O)N(CCN(C)C)C2)sc1Cl. The highest BCUT2D eigenvalue weighted by molar-refractivity contribution is 7.16. The van der Waals surface area contributed by atoms with Crippen molar-refractivity contribution in [2.75, 3.05) is 40.3 Å². The predicted octanol–water partition coefficient (Wildman–Crippen LogP) is 1.17. The summed E-state index contributed by atoms with van der Waals surface area (Å²) in [5.41, 5.74) is 0.830. The van der Waals surface area contributed by atoms with Gasteiger partial charge in [0.25, 0.3) is 0 Å². The molecule has 8 heteroatoms. The Morgan fingerprint density at radius 2 is 2.26 bits per heavy atom. The average molecular weight is 359 g/mol. The van der Waals surface area contributed by atoms with Gasteiger partial charge < -0.3 is 15.1 Å². The quantitative estimate of drug-likeness (QED) is 0.794. The third kappa shape index (κ3) is 5.16. The summed E-state index contributed by atoms with van der Waals surface area (Å²) in [6, 6.07) is 0. The molecule has 0 radical (unpaired) electrons. The van der Waals surface area contributed by atoms with E-state index in [4.69, 9.17) is 11.6 Å². The van der Waals surface area contributed by atoms with E-state index < -0.39 is 0 Å². The fourth-order valence-electron chi connectivity index (χ4n) is 2.46. The Balaban J connectivity index is 1.74. The number of aromatic nitrogens is 1. The van der Waals surface area contributed by atoms with Crippen molar-refractivity contribution in [1.29, 1.82) is 0 Å². The highest BCUT2D eigenvalue weighted by Gasteiger charge is 2.33. The van der Waals surface area contributed by atoms with E-state index in [1.165, 1.54) is 11.3 Å². The summed E-state index contributed by atoms with van der Waals surface area (Å²) in [7, 11) is 3.94. The van der Waals surface area contributed by atoms with Gasteiger partial charge in [-0.1, -0.05) is 11.6 Å². The van der Waals surface area contributed by atoms with Crippen LogP contribution in [0.4, 0.5) is 0 Å². The molecule has 1 saturated heterocycles. The zero-order valence-electron chi connectivity index (χ0n) is 13.8. The average Bonchev–Trinajstić information content (AvgIpc) is 3.00. The Bertz CT molecular complexity index is 556. The summed E-state index contributed by atoms with van der Waals surface area (Å²) >= 11 is 7.43. The predicted molar refractivity (Wildman–Crippen MR) is 91.8 cm³/mol. The molecule has 23 heavy (non-hydrogen) atoms. The minimum atomic E-state index is -0.244. The van der Waals surface area contributed by atoms with Gasteiger partial charge >= 0.3 is 0 Å². The summed E-state index contributed by atoms with van der Waals surface area (Å²) < 4.78 is 0.698. The molecule has 1 aromatic rings. The molecule has 6 nitrogen and oxygen atoms in total. The number of halogens is 1. The molecule has 2 heterocycles.